The van der Waals surface area contributed by atoms with Crippen LogP contribution in [0.5, 0.6) is 0 Å². The van der Waals surface area contributed by atoms with Gasteiger partial charge in [-0.1, -0.05) is 29.8 Å². The maximum absolute atomic E-state index is 12.2. The van der Waals surface area contributed by atoms with Crippen LogP contribution in [0, 0.1) is 12.8 Å². The van der Waals surface area contributed by atoms with Gasteiger partial charge in [0.15, 0.2) is 0 Å². The molecule has 124 valence electrons. The average molecular weight is 326 g/mol. The van der Waals surface area contributed by atoms with Gasteiger partial charge in [-0.15, -0.1) is 0 Å². The number of nitrogens with one attached hydrogen (secondary N) is 1. The van der Waals surface area contributed by atoms with Crippen molar-refractivity contribution in [1.29, 1.82) is 0 Å². The summed E-state index contributed by atoms with van der Waals surface area (Å²) in [4.78, 5) is 2.32. The quantitative estimate of drug-likeness (QED) is 0.784. The monoisotopic (exact) mass is 326 g/mol. The van der Waals surface area contributed by atoms with Crippen LogP contribution in [0.15, 0.2) is 24.3 Å². The Hall–Kier alpha value is -0.950. The Morgan fingerprint density at radius 3 is 2.73 bits per heavy atom. The topological polar surface area (TPSA) is 58.6 Å². The lowest BCUT2D eigenvalue weighted by Gasteiger charge is -2.15. The van der Waals surface area contributed by atoms with E-state index in [4.69, 9.17) is 4.74 Å². The molecule has 0 saturated carbocycles. The fourth-order valence-corrected chi connectivity index (χ4v) is 3.93. The SMILES string of the molecule is COCCN1CC[C@@H](CNS(=O)(=O)Cc2ccc(C)cc2)C1. The molecule has 1 N–H and O–H groups in total. The van der Waals surface area contributed by atoms with Gasteiger partial charge in [0.1, 0.15) is 0 Å². The summed E-state index contributed by atoms with van der Waals surface area (Å²) in [5.74, 6) is 0.442. The third kappa shape index (κ3) is 5.68. The van der Waals surface area contributed by atoms with Crippen LogP contribution in [-0.4, -0.2) is 53.2 Å². The lowest BCUT2D eigenvalue weighted by molar-refractivity contribution is 0.159. The highest BCUT2D eigenvalue weighted by Crippen LogP contribution is 2.15. The molecule has 1 atom stereocenters. The largest absolute Gasteiger partial charge is 0.383 e. The van der Waals surface area contributed by atoms with Crippen LogP contribution < -0.4 is 4.72 Å². The van der Waals surface area contributed by atoms with Crippen LogP contribution in [0.4, 0.5) is 0 Å². The number of hydrogen-bond acceptors (Lipinski definition) is 4. The van der Waals surface area contributed by atoms with Crippen LogP contribution in [0.1, 0.15) is 17.5 Å². The average Bonchev–Trinajstić information content (AvgIpc) is 2.93. The Balaban J connectivity index is 1.77. The van der Waals surface area contributed by atoms with Crippen molar-refractivity contribution in [1.82, 2.24) is 9.62 Å². The van der Waals surface area contributed by atoms with Crippen molar-refractivity contribution >= 4 is 10.0 Å². The molecule has 5 nitrogen and oxygen atoms in total. The van der Waals surface area contributed by atoms with E-state index in [9.17, 15) is 8.42 Å². The van der Waals surface area contributed by atoms with E-state index < -0.39 is 10.0 Å². The Morgan fingerprint density at radius 1 is 1.32 bits per heavy atom. The van der Waals surface area contributed by atoms with Gasteiger partial charge in [0.05, 0.1) is 12.4 Å². The first-order chi connectivity index (χ1) is 10.5. The number of rotatable bonds is 8. The lowest BCUT2D eigenvalue weighted by Crippen LogP contribution is -2.32. The predicted molar refractivity (Wildman–Crippen MR) is 88.2 cm³/mol. The summed E-state index contributed by atoms with van der Waals surface area (Å²) in [5.41, 5.74) is 1.96. The van der Waals surface area contributed by atoms with Gasteiger partial charge in [0.2, 0.25) is 10.0 Å². The highest BCUT2D eigenvalue weighted by Gasteiger charge is 2.23. The number of aryl methyl sites for hydroxylation is 1. The molecule has 0 amide bonds. The highest BCUT2D eigenvalue weighted by molar-refractivity contribution is 7.88. The molecule has 0 radical (unpaired) electrons. The van der Waals surface area contributed by atoms with Crippen LogP contribution in [0.2, 0.25) is 0 Å². The molecule has 0 spiro atoms. The molecule has 1 aliphatic rings. The molecule has 1 aromatic rings. The maximum Gasteiger partial charge on any atom is 0.215 e. The number of hydrogen-bond donors (Lipinski definition) is 1. The van der Waals surface area contributed by atoms with Crippen molar-refractivity contribution in [3.05, 3.63) is 35.4 Å². The van der Waals surface area contributed by atoms with E-state index in [0.29, 0.717) is 12.5 Å². The molecule has 1 aromatic carbocycles. The summed E-state index contributed by atoms with van der Waals surface area (Å²) < 4.78 is 32.1. The van der Waals surface area contributed by atoms with Crippen LogP contribution in [-0.2, 0) is 20.5 Å². The molecule has 0 unspecified atom stereocenters. The van der Waals surface area contributed by atoms with Gasteiger partial charge in [-0.3, -0.25) is 0 Å². The van der Waals surface area contributed by atoms with Crippen molar-refractivity contribution in [2.75, 3.05) is 39.9 Å². The first kappa shape index (κ1) is 17.4. The zero-order valence-corrected chi connectivity index (χ0v) is 14.2. The smallest absolute Gasteiger partial charge is 0.215 e. The van der Waals surface area contributed by atoms with Gasteiger partial charge in [0, 0.05) is 26.7 Å². The molecule has 0 bridgehead atoms. The lowest BCUT2D eigenvalue weighted by atomic mass is 10.1. The standard InChI is InChI=1S/C16H26N2O3S/c1-14-3-5-15(6-4-14)13-22(19,20)17-11-16-7-8-18(12-16)9-10-21-2/h3-6,16-17H,7-13H2,1-2H3/t16-/m0/s1. The number of sulfonamides is 1. The van der Waals surface area contributed by atoms with Gasteiger partial charge in [-0.25, -0.2) is 13.1 Å². The molecule has 0 aromatic heterocycles. The molecule has 0 aliphatic carbocycles. The van der Waals surface area contributed by atoms with Crippen molar-refractivity contribution in [2.24, 2.45) is 5.92 Å². The zero-order valence-electron chi connectivity index (χ0n) is 13.4. The number of benzene rings is 1. The minimum absolute atomic E-state index is 0.0490. The molecular formula is C16H26N2O3S. The van der Waals surface area contributed by atoms with E-state index in [2.05, 4.69) is 9.62 Å². The maximum atomic E-state index is 12.2. The van der Waals surface area contributed by atoms with Crippen LogP contribution >= 0.6 is 0 Å². The fraction of sp³-hybridized carbons (Fsp3) is 0.625. The minimum Gasteiger partial charge on any atom is -0.383 e. The molecule has 2 rings (SSSR count). The van der Waals surface area contributed by atoms with E-state index in [1.807, 2.05) is 31.2 Å². The fourth-order valence-electron chi connectivity index (χ4n) is 2.70. The van der Waals surface area contributed by atoms with Gasteiger partial charge in [-0.2, -0.15) is 0 Å². The van der Waals surface area contributed by atoms with E-state index in [1.165, 1.54) is 0 Å². The predicted octanol–water partition coefficient (Wildman–Crippen LogP) is 1.38. The molecule has 1 saturated heterocycles. The van der Waals surface area contributed by atoms with E-state index in [1.54, 1.807) is 7.11 Å². The second-order valence-corrected chi connectivity index (χ2v) is 7.85. The second-order valence-electron chi connectivity index (χ2n) is 6.04. The van der Waals surface area contributed by atoms with Crippen LogP contribution in [0.3, 0.4) is 0 Å². The summed E-state index contributed by atoms with van der Waals surface area (Å²) in [6.07, 6.45) is 1.04. The third-order valence-corrected chi connectivity index (χ3v) is 5.37. The molecule has 1 heterocycles. The second kappa shape index (κ2) is 8.06. The summed E-state index contributed by atoms with van der Waals surface area (Å²) in [6.45, 7) is 6.13. The first-order valence-electron chi connectivity index (χ1n) is 7.72. The summed E-state index contributed by atoms with van der Waals surface area (Å²) >= 11 is 0. The van der Waals surface area contributed by atoms with Gasteiger partial charge in [0.25, 0.3) is 0 Å². The Morgan fingerprint density at radius 2 is 2.05 bits per heavy atom. The first-order valence-corrected chi connectivity index (χ1v) is 9.38. The third-order valence-electron chi connectivity index (χ3n) is 4.05. The van der Waals surface area contributed by atoms with Gasteiger partial charge < -0.3 is 9.64 Å². The minimum atomic E-state index is -3.26. The van der Waals surface area contributed by atoms with Crippen molar-refractivity contribution < 1.29 is 13.2 Å². The van der Waals surface area contributed by atoms with Crippen LogP contribution in [0.25, 0.3) is 0 Å². The number of likely N-dealkylation sites (tertiary alicyclic amines) is 1. The van der Waals surface area contributed by atoms with Crippen molar-refractivity contribution in [2.45, 2.75) is 19.1 Å². The normalized spacial score (nSPS) is 19.6. The Bertz CT molecular complexity index is 557. The Labute approximate surface area is 133 Å². The van der Waals surface area contributed by atoms with Crippen molar-refractivity contribution in [3.63, 3.8) is 0 Å². The summed E-state index contributed by atoms with van der Waals surface area (Å²) in [6, 6.07) is 7.62. The molecule has 1 fully saturated rings. The van der Waals surface area contributed by atoms with Gasteiger partial charge >= 0.3 is 0 Å². The van der Waals surface area contributed by atoms with E-state index in [-0.39, 0.29) is 5.75 Å². The molecule has 22 heavy (non-hydrogen) atoms. The Kier molecular flexibility index (Phi) is 6.37. The zero-order chi connectivity index (χ0) is 16.0. The number of methoxy groups -OCH3 is 1. The van der Waals surface area contributed by atoms with Gasteiger partial charge in [-0.05, 0) is 31.4 Å². The molecule has 6 heteroatoms. The van der Waals surface area contributed by atoms with E-state index in [0.717, 1.165) is 43.8 Å². The summed E-state index contributed by atoms with van der Waals surface area (Å²) in [7, 11) is -1.56. The number of nitrogens with zero attached hydrogens (tertiary/aromatic N) is 1. The highest BCUT2D eigenvalue weighted by atomic mass is 32.2. The van der Waals surface area contributed by atoms with E-state index >= 15 is 0 Å². The number of ether oxygens (including phenoxy) is 1. The molecule has 1 aliphatic heterocycles. The molecular weight excluding hydrogens is 300 g/mol. The summed E-state index contributed by atoms with van der Waals surface area (Å²) in [5, 5.41) is 0. The van der Waals surface area contributed by atoms with Crippen molar-refractivity contribution in [3.8, 4) is 0 Å².